The van der Waals surface area contributed by atoms with Gasteiger partial charge in [0.15, 0.2) is 4.34 Å². The smallest absolute Gasteiger partial charge is 0.256 e. The van der Waals surface area contributed by atoms with E-state index in [1.165, 1.54) is 28.0 Å². The lowest BCUT2D eigenvalue weighted by Crippen LogP contribution is -2.47. The minimum atomic E-state index is -0.562. The predicted octanol–water partition coefficient (Wildman–Crippen LogP) is 2.12. The highest BCUT2D eigenvalue weighted by Crippen LogP contribution is 2.33. The molecule has 3 heterocycles. The van der Waals surface area contributed by atoms with Gasteiger partial charge in [0.25, 0.3) is 11.8 Å². The Morgan fingerprint density at radius 3 is 2.88 bits per heavy atom. The largest absolute Gasteiger partial charge is 0.327 e. The van der Waals surface area contributed by atoms with Crippen molar-refractivity contribution in [2.45, 2.75) is 30.1 Å². The van der Waals surface area contributed by atoms with E-state index in [-0.39, 0.29) is 23.5 Å². The first-order chi connectivity index (χ1) is 12.6. The molecule has 2 aromatic rings. The predicted molar refractivity (Wildman–Crippen MR) is 98.4 cm³/mol. The minimum absolute atomic E-state index is 0.0651. The lowest BCUT2D eigenvalue weighted by molar-refractivity contribution is -0.127. The van der Waals surface area contributed by atoms with Crippen LogP contribution in [0.25, 0.3) is 0 Å². The van der Waals surface area contributed by atoms with Crippen molar-refractivity contribution in [1.82, 2.24) is 15.1 Å². The summed E-state index contributed by atoms with van der Waals surface area (Å²) in [6, 6.07) is 6.25. The molecule has 1 fully saturated rings. The Balaban J connectivity index is 1.66. The van der Waals surface area contributed by atoms with Gasteiger partial charge in [-0.3, -0.25) is 14.4 Å². The number of carbonyl (C=O) groups excluding carboxylic acids is 3. The normalized spacial score (nSPS) is 19.3. The molecule has 0 N–H and O–H groups in total. The molecule has 1 saturated heterocycles. The van der Waals surface area contributed by atoms with Crippen LogP contribution >= 0.6 is 23.1 Å². The number of hydrogen-bond donors (Lipinski definition) is 0. The van der Waals surface area contributed by atoms with Gasteiger partial charge in [-0.05, 0) is 31.9 Å². The fourth-order valence-electron chi connectivity index (χ4n) is 3.32. The second-order valence-electron chi connectivity index (χ2n) is 6.12. The zero-order valence-electron chi connectivity index (χ0n) is 14.0. The Morgan fingerprint density at radius 1 is 1.31 bits per heavy atom. The van der Waals surface area contributed by atoms with E-state index in [0.29, 0.717) is 28.6 Å². The highest BCUT2D eigenvalue weighted by atomic mass is 32.2. The molecule has 2 aliphatic heterocycles. The van der Waals surface area contributed by atoms with Gasteiger partial charge in [-0.15, -0.1) is 10.2 Å². The van der Waals surface area contributed by atoms with E-state index in [2.05, 4.69) is 10.2 Å². The maximum absolute atomic E-state index is 13.1. The maximum Gasteiger partial charge on any atom is 0.256 e. The number of thioether (sulfide) groups is 1. The molecule has 26 heavy (non-hydrogen) atoms. The number of hydrogen-bond acceptors (Lipinski definition) is 7. The van der Waals surface area contributed by atoms with E-state index in [0.717, 1.165) is 11.4 Å². The number of para-hydroxylation sites is 1. The molecule has 134 valence electrons. The SMILES string of the molecule is Cc1nnc(SCC(=O)N2C(=O)[C@@H]3CCCN3C(=O)c3ccccc32)s1. The molecule has 1 aromatic heterocycles. The molecule has 0 saturated carbocycles. The Bertz CT molecular complexity index is 898. The number of anilines is 1. The summed E-state index contributed by atoms with van der Waals surface area (Å²) in [6.45, 7) is 2.39. The second-order valence-corrected chi connectivity index (χ2v) is 8.52. The highest BCUT2D eigenvalue weighted by Gasteiger charge is 2.43. The first-order valence-corrected chi connectivity index (χ1v) is 10.1. The fourth-order valence-corrected chi connectivity index (χ4v) is 4.99. The molecule has 9 heteroatoms. The van der Waals surface area contributed by atoms with E-state index in [9.17, 15) is 14.4 Å². The number of benzene rings is 1. The van der Waals surface area contributed by atoms with Crippen LogP contribution in [-0.2, 0) is 9.59 Å². The maximum atomic E-state index is 13.1. The quantitative estimate of drug-likeness (QED) is 0.749. The molecule has 1 aromatic carbocycles. The van der Waals surface area contributed by atoms with Crippen LogP contribution < -0.4 is 4.90 Å². The molecule has 0 aliphatic carbocycles. The van der Waals surface area contributed by atoms with Crippen LogP contribution in [0.3, 0.4) is 0 Å². The number of aromatic nitrogens is 2. The van der Waals surface area contributed by atoms with Crippen LogP contribution in [0.1, 0.15) is 28.2 Å². The first-order valence-electron chi connectivity index (χ1n) is 8.26. The van der Waals surface area contributed by atoms with E-state index in [1.807, 2.05) is 6.92 Å². The molecule has 0 radical (unpaired) electrons. The van der Waals surface area contributed by atoms with Gasteiger partial charge in [-0.25, -0.2) is 4.90 Å². The van der Waals surface area contributed by atoms with Crippen molar-refractivity contribution in [2.24, 2.45) is 0 Å². The Labute approximate surface area is 158 Å². The fraction of sp³-hybridized carbons (Fsp3) is 0.353. The number of amides is 3. The average molecular weight is 388 g/mol. The lowest BCUT2D eigenvalue weighted by Gasteiger charge is -2.24. The summed E-state index contributed by atoms with van der Waals surface area (Å²) in [5.74, 6) is -0.781. The molecule has 0 unspecified atom stereocenters. The number of fused-ring (bicyclic) bond motifs is 2. The number of carbonyl (C=O) groups is 3. The van der Waals surface area contributed by atoms with Crippen LogP contribution in [-0.4, -0.2) is 51.2 Å². The van der Waals surface area contributed by atoms with Crippen molar-refractivity contribution in [3.8, 4) is 0 Å². The zero-order chi connectivity index (χ0) is 18.3. The summed E-state index contributed by atoms with van der Waals surface area (Å²) in [7, 11) is 0. The molecule has 1 atom stereocenters. The molecule has 4 rings (SSSR count). The van der Waals surface area contributed by atoms with Gasteiger partial charge in [0.2, 0.25) is 5.91 Å². The van der Waals surface area contributed by atoms with E-state index < -0.39 is 6.04 Å². The van der Waals surface area contributed by atoms with Gasteiger partial charge in [0, 0.05) is 6.54 Å². The van der Waals surface area contributed by atoms with Crippen LogP contribution in [0.5, 0.6) is 0 Å². The Morgan fingerprint density at radius 2 is 2.12 bits per heavy atom. The van der Waals surface area contributed by atoms with Gasteiger partial charge < -0.3 is 4.90 Å². The van der Waals surface area contributed by atoms with Crippen molar-refractivity contribution in [3.05, 3.63) is 34.8 Å². The lowest BCUT2D eigenvalue weighted by atomic mass is 10.1. The number of nitrogens with zero attached hydrogens (tertiary/aromatic N) is 4. The van der Waals surface area contributed by atoms with Crippen LogP contribution in [0.15, 0.2) is 28.6 Å². The van der Waals surface area contributed by atoms with Gasteiger partial charge >= 0.3 is 0 Å². The monoisotopic (exact) mass is 388 g/mol. The van der Waals surface area contributed by atoms with Crippen molar-refractivity contribution < 1.29 is 14.4 Å². The van der Waals surface area contributed by atoms with Crippen LogP contribution in [0.4, 0.5) is 5.69 Å². The second kappa shape index (κ2) is 6.81. The van der Waals surface area contributed by atoms with Crippen LogP contribution in [0, 0.1) is 6.92 Å². The molecule has 0 spiro atoms. The summed E-state index contributed by atoms with van der Waals surface area (Å²) >= 11 is 2.66. The third-order valence-electron chi connectivity index (χ3n) is 4.47. The summed E-state index contributed by atoms with van der Waals surface area (Å²) in [5, 5.41) is 8.75. The van der Waals surface area contributed by atoms with Gasteiger partial charge in [0.05, 0.1) is 17.0 Å². The standard InChI is InChI=1S/C17H16N4O3S2/c1-10-18-19-17(26-10)25-9-14(22)21-12-6-3-2-5-11(12)15(23)20-8-4-7-13(20)16(21)24/h2-3,5-6,13H,4,7-9H2,1H3/t13-/m0/s1. The first kappa shape index (κ1) is 17.2. The molecule has 0 bridgehead atoms. The zero-order valence-corrected chi connectivity index (χ0v) is 15.7. The van der Waals surface area contributed by atoms with Crippen molar-refractivity contribution >= 4 is 46.5 Å². The summed E-state index contributed by atoms with van der Waals surface area (Å²) in [4.78, 5) is 41.6. The Hall–Kier alpha value is -2.26. The highest BCUT2D eigenvalue weighted by molar-refractivity contribution is 8.01. The Kier molecular flexibility index (Phi) is 4.49. The minimum Gasteiger partial charge on any atom is -0.327 e. The molecule has 2 aliphatic rings. The van der Waals surface area contributed by atoms with Crippen molar-refractivity contribution in [3.63, 3.8) is 0 Å². The molecular weight excluding hydrogens is 372 g/mol. The van der Waals surface area contributed by atoms with Gasteiger partial charge in [-0.1, -0.05) is 35.2 Å². The van der Waals surface area contributed by atoms with Crippen molar-refractivity contribution in [2.75, 3.05) is 17.2 Å². The number of rotatable bonds is 3. The van der Waals surface area contributed by atoms with Crippen molar-refractivity contribution in [1.29, 1.82) is 0 Å². The third-order valence-corrected chi connectivity index (χ3v) is 6.43. The molecule has 3 amide bonds. The molecule has 7 nitrogen and oxygen atoms in total. The van der Waals surface area contributed by atoms with Crippen LogP contribution in [0.2, 0.25) is 0 Å². The summed E-state index contributed by atoms with van der Waals surface area (Å²) in [5.41, 5.74) is 0.770. The van der Waals surface area contributed by atoms with Gasteiger partial charge in [-0.2, -0.15) is 0 Å². The van der Waals surface area contributed by atoms with E-state index in [4.69, 9.17) is 0 Å². The van der Waals surface area contributed by atoms with E-state index >= 15 is 0 Å². The molecular formula is C17H16N4O3S2. The van der Waals surface area contributed by atoms with Gasteiger partial charge in [0.1, 0.15) is 11.0 Å². The number of aryl methyl sites for hydroxylation is 1. The number of imide groups is 1. The summed E-state index contributed by atoms with van der Waals surface area (Å²) < 4.78 is 0.685. The average Bonchev–Trinajstić information content (AvgIpc) is 3.27. The summed E-state index contributed by atoms with van der Waals surface area (Å²) in [6.07, 6.45) is 1.36. The third kappa shape index (κ3) is 2.90. The van der Waals surface area contributed by atoms with E-state index in [1.54, 1.807) is 29.2 Å². The topological polar surface area (TPSA) is 83.5 Å².